The Kier molecular flexibility index (Phi) is 3.80. The van der Waals surface area contributed by atoms with Gasteiger partial charge in [0.15, 0.2) is 0 Å². The van der Waals surface area contributed by atoms with Gasteiger partial charge in [-0.15, -0.1) is 0 Å². The first-order valence-corrected chi connectivity index (χ1v) is 7.16. The molecule has 0 amide bonds. The highest BCUT2D eigenvalue weighted by Gasteiger charge is 2.32. The van der Waals surface area contributed by atoms with E-state index in [1.54, 1.807) is 18.2 Å². The highest BCUT2D eigenvalue weighted by molar-refractivity contribution is 7.92. The normalized spacial score (nSPS) is 11.1. The summed E-state index contributed by atoms with van der Waals surface area (Å²) < 4.78 is 33.0. The number of hydrogen-bond donors (Lipinski definition) is 1. The summed E-state index contributed by atoms with van der Waals surface area (Å²) in [4.78, 5) is 13.5. The molecular weight excluding hydrogens is 300 g/mol. The van der Waals surface area contributed by atoms with Crippen molar-refractivity contribution in [2.75, 3.05) is 11.8 Å². The summed E-state index contributed by atoms with van der Waals surface area (Å²) in [5.41, 5.74) is 0.176. The topological polar surface area (TPSA) is 116 Å². The molecule has 2 aromatic rings. The van der Waals surface area contributed by atoms with Gasteiger partial charge in [0.05, 0.1) is 12.8 Å². The lowest BCUT2D eigenvalue weighted by Crippen LogP contribution is -2.18. The van der Waals surface area contributed by atoms with Gasteiger partial charge in [-0.05, 0) is 22.0 Å². The SMILES string of the molecule is COc1ccccc1NS(=O)(=O)c1c([N+](=O)[O-])ncn1C. The van der Waals surface area contributed by atoms with Crippen molar-refractivity contribution in [3.63, 3.8) is 0 Å². The van der Waals surface area contributed by atoms with Crippen molar-refractivity contribution in [2.24, 2.45) is 7.05 Å². The van der Waals surface area contributed by atoms with E-state index in [4.69, 9.17) is 4.74 Å². The number of imidazole rings is 1. The van der Waals surface area contributed by atoms with Crippen LogP contribution in [0.25, 0.3) is 0 Å². The Morgan fingerprint density at radius 1 is 1.38 bits per heavy atom. The van der Waals surface area contributed by atoms with Crippen molar-refractivity contribution in [1.29, 1.82) is 0 Å². The summed E-state index contributed by atoms with van der Waals surface area (Å²) in [6.45, 7) is 0. The molecule has 112 valence electrons. The second-order valence-electron chi connectivity index (χ2n) is 4.05. The summed E-state index contributed by atoms with van der Waals surface area (Å²) in [6.07, 6.45) is 1.06. The number of aromatic nitrogens is 2. The van der Waals surface area contributed by atoms with E-state index in [0.29, 0.717) is 5.75 Å². The summed E-state index contributed by atoms with van der Waals surface area (Å²) in [5, 5.41) is 10.3. The fourth-order valence-electron chi connectivity index (χ4n) is 1.76. The Hall–Kier alpha value is -2.62. The fourth-order valence-corrected chi connectivity index (χ4v) is 3.11. The molecule has 1 aromatic heterocycles. The Balaban J connectivity index is 2.49. The number of nitrogens with zero attached hydrogens (tertiary/aromatic N) is 3. The number of methoxy groups -OCH3 is 1. The number of nitrogens with one attached hydrogen (secondary N) is 1. The maximum absolute atomic E-state index is 12.3. The maximum Gasteiger partial charge on any atom is 0.403 e. The van der Waals surface area contributed by atoms with Crippen LogP contribution in [0.5, 0.6) is 5.75 Å². The van der Waals surface area contributed by atoms with Crippen LogP contribution in [0.1, 0.15) is 0 Å². The quantitative estimate of drug-likeness (QED) is 0.653. The molecule has 1 N–H and O–H groups in total. The molecule has 0 radical (unpaired) electrons. The third-order valence-electron chi connectivity index (χ3n) is 2.64. The summed E-state index contributed by atoms with van der Waals surface area (Å²) >= 11 is 0. The van der Waals surface area contributed by atoms with Crippen LogP contribution in [-0.4, -0.2) is 30.0 Å². The van der Waals surface area contributed by atoms with Crippen LogP contribution in [0, 0.1) is 10.1 Å². The maximum atomic E-state index is 12.3. The van der Waals surface area contributed by atoms with Crippen LogP contribution < -0.4 is 9.46 Å². The van der Waals surface area contributed by atoms with Gasteiger partial charge in [0, 0.05) is 7.05 Å². The Morgan fingerprint density at radius 3 is 2.67 bits per heavy atom. The number of nitro groups is 1. The fraction of sp³-hybridized carbons (Fsp3) is 0.182. The average Bonchev–Trinajstić information content (AvgIpc) is 2.82. The van der Waals surface area contributed by atoms with Gasteiger partial charge in [-0.25, -0.2) is 0 Å². The third kappa shape index (κ3) is 2.79. The molecule has 9 nitrogen and oxygen atoms in total. The summed E-state index contributed by atoms with van der Waals surface area (Å²) in [6, 6.07) is 6.33. The van der Waals surface area contributed by atoms with Crippen LogP contribution in [0.4, 0.5) is 11.5 Å². The first-order valence-electron chi connectivity index (χ1n) is 5.68. The number of anilines is 1. The van der Waals surface area contributed by atoms with Crippen molar-refractivity contribution >= 4 is 21.5 Å². The molecule has 1 aromatic carbocycles. The van der Waals surface area contributed by atoms with Gasteiger partial charge in [0.2, 0.25) is 6.33 Å². The van der Waals surface area contributed by atoms with Crippen LogP contribution in [0.15, 0.2) is 35.6 Å². The number of ether oxygens (including phenoxy) is 1. The lowest BCUT2D eigenvalue weighted by atomic mass is 10.3. The van der Waals surface area contributed by atoms with E-state index in [1.807, 2.05) is 0 Å². The average molecular weight is 312 g/mol. The molecule has 0 saturated carbocycles. The molecule has 1 heterocycles. The zero-order chi connectivity index (χ0) is 15.6. The molecule has 0 aliphatic rings. The molecule has 0 saturated heterocycles. The minimum absolute atomic E-state index is 0.176. The van der Waals surface area contributed by atoms with Crippen molar-refractivity contribution in [3.05, 3.63) is 40.7 Å². The lowest BCUT2D eigenvalue weighted by molar-refractivity contribution is -0.392. The van der Waals surface area contributed by atoms with Crippen molar-refractivity contribution in [2.45, 2.75) is 5.03 Å². The molecule has 0 atom stereocenters. The van der Waals surface area contributed by atoms with E-state index in [9.17, 15) is 18.5 Å². The minimum Gasteiger partial charge on any atom is -0.495 e. The first kappa shape index (κ1) is 14.8. The highest BCUT2D eigenvalue weighted by Crippen LogP contribution is 2.28. The van der Waals surface area contributed by atoms with E-state index in [2.05, 4.69) is 9.71 Å². The van der Waals surface area contributed by atoms with Crippen LogP contribution in [0.2, 0.25) is 0 Å². The Labute approximate surface area is 120 Å². The zero-order valence-electron chi connectivity index (χ0n) is 11.2. The van der Waals surface area contributed by atoms with Crippen LogP contribution in [-0.2, 0) is 17.1 Å². The molecule has 0 unspecified atom stereocenters. The molecule has 0 spiro atoms. The number of hydrogen-bond acceptors (Lipinski definition) is 6. The van der Waals surface area contributed by atoms with Gasteiger partial charge in [-0.3, -0.25) is 9.29 Å². The number of benzene rings is 1. The zero-order valence-corrected chi connectivity index (χ0v) is 12.0. The van der Waals surface area contributed by atoms with Gasteiger partial charge in [0.25, 0.3) is 15.0 Å². The Morgan fingerprint density at radius 2 is 2.05 bits per heavy atom. The lowest BCUT2D eigenvalue weighted by Gasteiger charge is -2.11. The van der Waals surface area contributed by atoms with E-state index in [0.717, 1.165) is 10.9 Å². The van der Waals surface area contributed by atoms with Crippen molar-refractivity contribution in [3.8, 4) is 5.75 Å². The predicted octanol–water partition coefficient (Wildman–Crippen LogP) is 1.14. The van der Waals surface area contributed by atoms with E-state index < -0.39 is 25.8 Å². The molecular formula is C11H12N4O5S. The second-order valence-corrected chi connectivity index (χ2v) is 5.64. The first-order chi connectivity index (χ1) is 9.86. The number of aryl methyl sites for hydroxylation is 1. The summed E-state index contributed by atoms with van der Waals surface area (Å²) in [7, 11) is -1.43. The van der Waals surface area contributed by atoms with Crippen molar-refractivity contribution in [1.82, 2.24) is 9.55 Å². The smallest absolute Gasteiger partial charge is 0.403 e. The number of para-hydroxylation sites is 2. The van der Waals surface area contributed by atoms with E-state index >= 15 is 0 Å². The largest absolute Gasteiger partial charge is 0.495 e. The minimum atomic E-state index is -4.18. The van der Waals surface area contributed by atoms with Gasteiger partial charge in [-0.2, -0.15) is 8.42 Å². The monoisotopic (exact) mass is 312 g/mol. The molecule has 21 heavy (non-hydrogen) atoms. The molecule has 0 bridgehead atoms. The van der Waals surface area contributed by atoms with Crippen LogP contribution >= 0.6 is 0 Å². The number of rotatable bonds is 5. The molecule has 0 aliphatic carbocycles. The van der Waals surface area contributed by atoms with E-state index in [-0.39, 0.29) is 5.69 Å². The van der Waals surface area contributed by atoms with Gasteiger partial charge in [0.1, 0.15) is 5.75 Å². The van der Waals surface area contributed by atoms with Crippen LogP contribution in [0.3, 0.4) is 0 Å². The summed E-state index contributed by atoms with van der Waals surface area (Å²) in [5.74, 6) is -0.439. The highest BCUT2D eigenvalue weighted by atomic mass is 32.2. The van der Waals surface area contributed by atoms with E-state index in [1.165, 1.54) is 20.2 Å². The molecule has 0 aliphatic heterocycles. The van der Waals surface area contributed by atoms with Gasteiger partial charge in [-0.1, -0.05) is 12.1 Å². The molecule has 2 rings (SSSR count). The molecule has 0 fully saturated rings. The second kappa shape index (κ2) is 5.40. The van der Waals surface area contributed by atoms with Crippen molar-refractivity contribution < 1.29 is 18.1 Å². The Bertz CT molecular complexity index is 784. The number of sulfonamides is 1. The molecule has 10 heteroatoms. The standard InChI is InChI=1S/C11H12N4O5S/c1-14-7-12-10(15(16)17)11(14)21(18,19)13-8-5-3-4-6-9(8)20-2/h3-7,13H,1-2H3. The van der Waals surface area contributed by atoms with Gasteiger partial charge < -0.3 is 14.9 Å². The third-order valence-corrected chi connectivity index (χ3v) is 4.11. The predicted molar refractivity (Wildman–Crippen MR) is 73.7 cm³/mol. The van der Waals surface area contributed by atoms with Gasteiger partial charge >= 0.3 is 5.82 Å².